The molecule has 0 atom stereocenters. The van der Waals surface area contributed by atoms with E-state index >= 15 is 0 Å². The highest BCUT2D eigenvalue weighted by Crippen LogP contribution is 2.15. The molecule has 0 aromatic heterocycles. The molecule has 1 aromatic carbocycles. The maximum Gasteiger partial charge on any atom is 0.269 e. The van der Waals surface area contributed by atoms with Gasteiger partial charge in [-0.2, -0.15) is 0 Å². The van der Waals surface area contributed by atoms with Gasteiger partial charge in [-0.15, -0.1) is 0 Å². The van der Waals surface area contributed by atoms with Crippen molar-refractivity contribution in [3.63, 3.8) is 0 Å². The Morgan fingerprint density at radius 1 is 1.33 bits per heavy atom. The van der Waals surface area contributed by atoms with Gasteiger partial charge in [0, 0.05) is 50.4 Å². The highest BCUT2D eigenvalue weighted by Gasteiger charge is 2.07. The van der Waals surface area contributed by atoms with Gasteiger partial charge in [0.05, 0.1) is 11.6 Å². The highest BCUT2D eigenvalue weighted by molar-refractivity contribution is 5.48. The van der Waals surface area contributed by atoms with Crippen molar-refractivity contribution < 1.29 is 4.92 Å². The molecular weight excluding hydrogens is 232 g/mol. The lowest BCUT2D eigenvalue weighted by Gasteiger charge is -2.18. The smallest absolute Gasteiger partial charge is 0.269 e. The van der Waals surface area contributed by atoms with Gasteiger partial charge in [-0.25, -0.2) is 0 Å². The minimum Gasteiger partial charge on any atom is -0.383 e. The molecular formula is C12H16N4O2. The summed E-state index contributed by atoms with van der Waals surface area (Å²) in [6, 6.07) is 6.46. The Morgan fingerprint density at radius 2 is 2.06 bits per heavy atom. The molecule has 1 aliphatic rings. The summed E-state index contributed by atoms with van der Waals surface area (Å²) in [7, 11) is 2.03. The average Bonchev–Trinajstić information content (AvgIpc) is 2.76. The van der Waals surface area contributed by atoms with Gasteiger partial charge in [-0.1, -0.05) is 0 Å². The van der Waals surface area contributed by atoms with Crippen LogP contribution in [-0.2, 0) is 0 Å². The van der Waals surface area contributed by atoms with E-state index in [0.29, 0.717) is 0 Å². The third-order valence-electron chi connectivity index (χ3n) is 2.74. The van der Waals surface area contributed by atoms with Crippen molar-refractivity contribution in [2.24, 2.45) is 0 Å². The Hall–Kier alpha value is -2.24. The van der Waals surface area contributed by atoms with E-state index in [0.717, 1.165) is 25.4 Å². The molecule has 0 saturated carbocycles. The van der Waals surface area contributed by atoms with Crippen molar-refractivity contribution in [3.8, 4) is 0 Å². The van der Waals surface area contributed by atoms with Gasteiger partial charge >= 0.3 is 0 Å². The third kappa shape index (κ3) is 3.13. The number of nitro groups is 1. The van der Waals surface area contributed by atoms with Gasteiger partial charge in [-0.3, -0.25) is 10.1 Å². The molecule has 0 unspecified atom stereocenters. The first-order chi connectivity index (χ1) is 8.65. The maximum absolute atomic E-state index is 10.5. The molecule has 1 aromatic rings. The van der Waals surface area contributed by atoms with Crippen LogP contribution in [-0.4, -0.2) is 41.5 Å². The number of nitrogens with one attached hydrogen (secondary N) is 1. The first-order valence-corrected chi connectivity index (χ1v) is 5.76. The molecule has 0 aliphatic carbocycles. The summed E-state index contributed by atoms with van der Waals surface area (Å²) in [6.07, 6.45) is 4.09. The van der Waals surface area contributed by atoms with Crippen molar-refractivity contribution >= 4 is 11.4 Å². The van der Waals surface area contributed by atoms with Crippen LogP contribution in [0.3, 0.4) is 0 Å². The summed E-state index contributed by atoms with van der Waals surface area (Å²) in [5.74, 6) is 0. The standard InChI is InChI=1S/C12H16N4O2/c1-14-8-9-15(10-14)7-6-13-11-2-4-12(5-3-11)16(17)18/h2-5,8-9,13H,6-7,10H2,1H3. The van der Waals surface area contributed by atoms with Crippen LogP contribution in [0.1, 0.15) is 0 Å². The van der Waals surface area contributed by atoms with Crippen LogP contribution >= 0.6 is 0 Å². The number of nitro benzene ring substituents is 1. The lowest BCUT2D eigenvalue weighted by Crippen LogP contribution is -2.27. The number of rotatable bonds is 5. The van der Waals surface area contributed by atoms with Crippen molar-refractivity contribution in [2.75, 3.05) is 32.1 Å². The van der Waals surface area contributed by atoms with E-state index in [1.807, 2.05) is 13.2 Å². The molecule has 6 nitrogen and oxygen atoms in total. The van der Waals surface area contributed by atoms with Gasteiger partial charge in [0.25, 0.3) is 5.69 Å². The van der Waals surface area contributed by atoms with Gasteiger partial charge in [0.2, 0.25) is 0 Å². The normalized spacial score (nSPS) is 14.1. The van der Waals surface area contributed by atoms with Crippen LogP contribution < -0.4 is 5.32 Å². The largest absolute Gasteiger partial charge is 0.383 e. The fourth-order valence-corrected chi connectivity index (χ4v) is 1.78. The minimum atomic E-state index is -0.394. The molecule has 0 fully saturated rings. The van der Waals surface area contributed by atoms with Gasteiger partial charge in [0.15, 0.2) is 0 Å². The summed E-state index contributed by atoms with van der Waals surface area (Å²) >= 11 is 0. The fraction of sp³-hybridized carbons (Fsp3) is 0.333. The second kappa shape index (κ2) is 5.39. The summed E-state index contributed by atoms with van der Waals surface area (Å²) in [5, 5.41) is 13.7. The zero-order chi connectivity index (χ0) is 13.0. The summed E-state index contributed by atoms with van der Waals surface area (Å²) in [6.45, 7) is 2.61. The number of hydrogen-bond acceptors (Lipinski definition) is 5. The van der Waals surface area contributed by atoms with Crippen LogP contribution in [0.5, 0.6) is 0 Å². The maximum atomic E-state index is 10.5. The zero-order valence-corrected chi connectivity index (χ0v) is 10.2. The molecule has 0 bridgehead atoms. The van der Waals surface area contributed by atoms with Gasteiger partial charge < -0.3 is 15.1 Å². The van der Waals surface area contributed by atoms with Gasteiger partial charge in [0.1, 0.15) is 0 Å². The van der Waals surface area contributed by atoms with E-state index < -0.39 is 4.92 Å². The van der Waals surface area contributed by atoms with Gasteiger partial charge in [-0.05, 0) is 12.1 Å². The molecule has 1 N–H and O–H groups in total. The number of non-ortho nitro benzene ring substituents is 1. The molecule has 96 valence electrons. The van der Waals surface area contributed by atoms with E-state index in [2.05, 4.69) is 21.3 Å². The molecule has 1 aliphatic heterocycles. The summed E-state index contributed by atoms with van der Waals surface area (Å²) < 4.78 is 0. The number of hydrogen-bond donors (Lipinski definition) is 1. The topological polar surface area (TPSA) is 61.6 Å². The molecule has 0 saturated heterocycles. The van der Waals surface area contributed by atoms with Crippen molar-refractivity contribution in [1.82, 2.24) is 9.80 Å². The number of benzene rings is 1. The molecule has 2 rings (SSSR count). The van der Waals surface area contributed by atoms with Crippen molar-refractivity contribution in [1.29, 1.82) is 0 Å². The van der Waals surface area contributed by atoms with Crippen LogP contribution in [0.25, 0.3) is 0 Å². The number of anilines is 1. The van der Waals surface area contributed by atoms with Crippen molar-refractivity contribution in [2.45, 2.75) is 0 Å². The molecule has 1 heterocycles. The first kappa shape index (κ1) is 12.2. The highest BCUT2D eigenvalue weighted by atomic mass is 16.6. The van der Waals surface area contributed by atoms with E-state index in [9.17, 15) is 10.1 Å². The lowest BCUT2D eigenvalue weighted by atomic mass is 10.3. The third-order valence-corrected chi connectivity index (χ3v) is 2.74. The second-order valence-corrected chi connectivity index (χ2v) is 4.24. The van der Waals surface area contributed by atoms with Crippen molar-refractivity contribution in [3.05, 3.63) is 46.8 Å². The fourth-order valence-electron chi connectivity index (χ4n) is 1.78. The Bertz CT molecular complexity index is 444. The van der Waals surface area contributed by atoms with Crippen LogP contribution in [0, 0.1) is 10.1 Å². The molecule has 6 heteroatoms. The molecule has 0 radical (unpaired) electrons. The molecule has 0 spiro atoms. The van der Waals surface area contributed by atoms with E-state index in [4.69, 9.17) is 0 Å². The van der Waals surface area contributed by atoms with E-state index in [1.54, 1.807) is 12.1 Å². The number of nitrogens with zero attached hydrogens (tertiary/aromatic N) is 3. The van der Waals surface area contributed by atoms with Crippen LogP contribution in [0.2, 0.25) is 0 Å². The second-order valence-electron chi connectivity index (χ2n) is 4.24. The summed E-state index contributed by atoms with van der Waals surface area (Å²) in [4.78, 5) is 14.4. The Balaban J connectivity index is 1.76. The molecule has 0 amide bonds. The monoisotopic (exact) mass is 248 g/mol. The molecule has 18 heavy (non-hydrogen) atoms. The Morgan fingerprint density at radius 3 is 2.61 bits per heavy atom. The predicted octanol–water partition coefficient (Wildman–Crippen LogP) is 1.68. The zero-order valence-electron chi connectivity index (χ0n) is 10.2. The summed E-state index contributed by atoms with van der Waals surface area (Å²) in [5.41, 5.74) is 1.02. The first-order valence-electron chi connectivity index (χ1n) is 5.76. The predicted molar refractivity (Wildman–Crippen MR) is 70.1 cm³/mol. The minimum absolute atomic E-state index is 0.115. The Kier molecular flexibility index (Phi) is 3.66. The van der Waals surface area contributed by atoms with E-state index in [-0.39, 0.29) is 5.69 Å². The average molecular weight is 248 g/mol. The lowest BCUT2D eigenvalue weighted by molar-refractivity contribution is -0.384. The van der Waals surface area contributed by atoms with Crippen LogP contribution in [0.15, 0.2) is 36.7 Å². The van der Waals surface area contributed by atoms with Crippen LogP contribution in [0.4, 0.5) is 11.4 Å². The Labute approximate surface area is 106 Å². The quantitative estimate of drug-likeness (QED) is 0.634. The SMILES string of the molecule is CN1C=CN(CCNc2ccc([N+](=O)[O-])cc2)C1. The van der Waals surface area contributed by atoms with E-state index in [1.165, 1.54) is 12.1 Å².